The minimum Gasteiger partial charge on any atom is -0.492 e. The fourth-order valence-electron chi connectivity index (χ4n) is 4.39. The maximum absolute atomic E-state index is 13.5. The number of hydrogen-bond acceptors (Lipinski definition) is 9. The van der Waals surface area contributed by atoms with E-state index < -0.39 is 10.0 Å². The average Bonchev–Trinajstić information content (AvgIpc) is 3.40. The Morgan fingerprint density at radius 3 is 2.42 bits per heavy atom. The second-order valence-corrected chi connectivity index (χ2v) is 10.9. The number of carbonyl (C=O) groups excluding carboxylic acids is 1. The number of morpholine rings is 1. The van der Waals surface area contributed by atoms with E-state index in [4.69, 9.17) is 14.2 Å². The molecule has 210 valence electrons. The molecule has 1 amide bonds. The smallest absolute Gasteiger partial charge is 0.269 e. The summed E-state index contributed by atoms with van der Waals surface area (Å²) in [6.07, 6.45) is 1.44. The predicted molar refractivity (Wildman–Crippen MR) is 150 cm³/mol. The molecule has 1 aliphatic rings. The van der Waals surface area contributed by atoms with E-state index in [1.54, 1.807) is 53.4 Å². The second kappa shape index (κ2) is 11.5. The minimum absolute atomic E-state index is 0.105. The molecule has 0 spiro atoms. The van der Waals surface area contributed by atoms with Gasteiger partial charge in [0.25, 0.3) is 15.9 Å². The Morgan fingerprint density at radius 1 is 1.00 bits per heavy atom. The lowest BCUT2D eigenvalue weighted by Gasteiger charge is -2.27. The van der Waals surface area contributed by atoms with Crippen LogP contribution in [0, 0.1) is 6.92 Å². The lowest BCUT2D eigenvalue weighted by Crippen LogP contribution is -2.40. The van der Waals surface area contributed by atoms with Gasteiger partial charge in [-0.1, -0.05) is 17.7 Å². The molecular formula is C28H31N5O6S. The summed E-state index contributed by atoms with van der Waals surface area (Å²) < 4.78 is 45.1. The highest BCUT2D eigenvalue weighted by atomic mass is 32.2. The van der Waals surface area contributed by atoms with Gasteiger partial charge in [0.05, 0.1) is 42.4 Å². The summed E-state index contributed by atoms with van der Waals surface area (Å²) in [6, 6.07) is 13.3. The third kappa shape index (κ3) is 5.45. The van der Waals surface area contributed by atoms with Gasteiger partial charge in [-0.05, 0) is 57.2 Å². The summed E-state index contributed by atoms with van der Waals surface area (Å²) in [5, 5.41) is 3.59. The topological polar surface area (TPSA) is 125 Å². The molecule has 40 heavy (non-hydrogen) atoms. The normalized spacial score (nSPS) is 13.8. The predicted octanol–water partition coefficient (Wildman–Crippen LogP) is 3.99. The van der Waals surface area contributed by atoms with E-state index in [1.165, 1.54) is 6.20 Å². The summed E-state index contributed by atoms with van der Waals surface area (Å²) in [6.45, 7) is 8.32. The molecule has 1 aliphatic heterocycles. The molecule has 0 atom stereocenters. The van der Waals surface area contributed by atoms with Gasteiger partial charge in [-0.2, -0.15) is 9.97 Å². The van der Waals surface area contributed by atoms with Crippen molar-refractivity contribution in [1.82, 2.24) is 18.8 Å². The van der Waals surface area contributed by atoms with Crippen LogP contribution in [0.2, 0.25) is 0 Å². The van der Waals surface area contributed by atoms with E-state index >= 15 is 0 Å². The number of nitrogens with zero attached hydrogens (tertiary/aromatic N) is 4. The van der Waals surface area contributed by atoms with Crippen LogP contribution >= 0.6 is 0 Å². The summed E-state index contributed by atoms with van der Waals surface area (Å²) in [4.78, 5) is 24.0. The van der Waals surface area contributed by atoms with E-state index in [9.17, 15) is 13.2 Å². The third-order valence-corrected chi connectivity index (χ3v) is 8.09. The number of amides is 1. The lowest BCUT2D eigenvalue weighted by molar-refractivity contribution is 0.0302. The van der Waals surface area contributed by atoms with Crippen LogP contribution in [-0.2, 0) is 14.8 Å². The summed E-state index contributed by atoms with van der Waals surface area (Å²) >= 11 is 0. The zero-order chi connectivity index (χ0) is 28.3. The molecule has 2 aromatic heterocycles. The Kier molecular flexibility index (Phi) is 7.90. The molecule has 12 heteroatoms. The lowest BCUT2D eigenvalue weighted by atomic mass is 10.1. The number of anilines is 2. The molecule has 0 radical (unpaired) electrons. The maximum Gasteiger partial charge on any atom is 0.269 e. The van der Waals surface area contributed by atoms with Crippen molar-refractivity contribution in [3.05, 3.63) is 65.9 Å². The minimum atomic E-state index is -3.94. The molecule has 1 fully saturated rings. The highest BCUT2D eigenvalue weighted by Crippen LogP contribution is 2.32. The first-order valence-corrected chi connectivity index (χ1v) is 14.5. The summed E-state index contributed by atoms with van der Waals surface area (Å²) in [5.74, 6) is 0.685. The highest BCUT2D eigenvalue weighted by Gasteiger charge is 2.24. The van der Waals surface area contributed by atoms with Crippen molar-refractivity contribution in [1.29, 1.82) is 0 Å². The van der Waals surface area contributed by atoms with E-state index in [0.717, 1.165) is 9.54 Å². The quantitative estimate of drug-likeness (QED) is 0.321. The maximum atomic E-state index is 13.5. The van der Waals surface area contributed by atoms with Crippen LogP contribution in [0.5, 0.6) is 11.6 Å². The van der Waals surface area contributed by atoms with E-state index in [0.29, 0.717) is 61.9 Å². The van der Waals surface area contributed by atoms with Gasteiger partial charge >= 0.3 is 0 Å². The fourth-order valence-corrected chi connectivity index (χ4v) is 5.68. The van der Waals surface area contributed by atoms with Gasteiger partial charge in [0.2, 0.25) is 11.8 Å². The van der Waals surface area contributed by atoms with Crippen molar-refractivity contribution >= 4 is 38.6 Å². The van der Waals surface area contributed by atoms with Crippen LogP contribution in [-0.4, -0.2) is 72.7 Å². The van der Waals surface area contributed by atoms with Crippen LogP contribution in [0.15, 0.2) is 59.6 Å². The Bertz CT molecular complexity index is 1630. The standard InChI is InChI=1S/C28H31N5O6S/c1-4-38-24-18-20(27(34)32-14-16-37-17-15-32)8-11-23(24)29-28-30-25-22(26(31-28)39-5-2)12-13-33(25)40(35,36)21-9-6-19(3)7-10-21/h6-13,18H,4-5,14-17H2,1-3H3,(H,29,30,31). The van der Waals surface area contributed by atoms with Crippen LogP contribution in [0.25, 0.3) is 11.0 Å². The molecule has 0 bridgehead atoms. The zero-order valence-corrected chi connectivity index (χ0v) is 23.4. The van der Waals surface area contributed by atoms with Crippen molar-refractivity contribution < 1.29 is 27.4 Å². The molecule has 1 N–H and O–H groups in total. The second-order valence-electron chi connectivity index (χ2n) is 9.13. The summed E-state index contributed by atoms with van der Waals surface area (Å²) in [7, 11) is -3.94. The Labute approximate surface area is 232 Å². The molecule has 5 rings (SSSR count). The number of carbonyl (C=O) groups is 1. The zero-order valence-electron chi connectivity index (χ0n) is 22.6. The number of nitrogens with one attached hydrogen (secondary N) is 1. The number of benzene rings is 2. The number of ether oxygens (including phenoxy) is 3. The van der Waals surface area contributed by atoms with Gasteiger partial charge in [0.15, 0.2) is 5.65 Å². The van der Waals surface area contributed by atoms with E-state index in [-0.39, 0.29) is 28.3 Å². The van der Waals surface area contributed by atoms with Gasteiger partial charge < -0.3 is 24.4 Å². The van der Waals surface area contributed by atoms with Crippen LogP contribution in [0.3, 0.4) is 0 Å². The third-order valence-electron chi connectivity index (χ3n) is 6.41. The molecule has 0 aliphatic carbocycles. The average molecular weight is 566 g/mol. The molecular weight excluding hydrogens is 534 g/mol. The van der Waals surface area contributed by atoms with Gasteiger partial charge in [0.1, 0.15) is 5.75 Å². The van der Waals surface area contributed by atoms with Gasteiger partial charge in [-0.3, -0.25) is 4.79 Å². The fraction of sp³-hybridized carbons (Fsp3) is 0.321. The molecule has 0 saturated carbocycles. The van der Waals surface area contributed by atoms with E-state index in [1.807, 2.05) is 20.8 Å². The Morgan fingerprint density at radius 2 is 1.73 bits per heavy atom. The summed E-state index contributed by atoms with van der Waals surface area (Å²) in [5.41, 5.74) is 2.12. The van der Waals surface area contributed by atoms with Crippen molar-refractivity contribution in [3.8, 4) is 11.6 Å². The van der Waals surface area contributed by atoms with Crippen molar-refractivity contribution in [3.63, 3.8) is 0 Å². The number of fused-ring (bicyclic) bond motifs is 1. The SMILES string of the molecule is CCOc1cc(C(=O)N2CCOCC2)ccc1Nc1nc(OCC)c2ccn(S(=O)(=O)c3ccc(C)cc3)c2n1. The monoisotopic (exact) mass is 565 g/mol. The van der Waals surface area contributed by atoms with Crippen molar-refractivity contribution in [2.24, 2.45) is 0 Å². The van der Waals surface area contributed by atoms with Gasteiger partial charge in [0, 0.05) is 24.8 Å². The van der Waals surface area contributed by atoms with Crippen LogP contribution < -0.4 is 14.8 Å². The molecule has 1 saturated heterocycles. The first kappa shape index (κ1) is 27.4. The van der Waals surface area contributed by atoms with Crippen LogP contribution in [0.4, 0.5) is 11.6 Å². The first-order valence-electron chi connectivity index (χ1n) is 13.1. The Hall–Kier alpha value is -4.16. The molecule has 0 unspecified atom stereocenters. The molecule has 2 aromatic carbocycles. The molecule has 4 aromatic rings. The van der Waals surface area contributed by atoms with Gasteiger partial charge in [-0.15, -0.1) is 0 Å². The molecule has 3 heterocycles. The van der Waals surface area contributed by atoms with Crippen LogP contribution in [0.1, 0.15) is 29.8 Å². The van der Waals surface area contributed by atoms with Crippen molar-refractivity contribution in [2.45, 2.75) is 25.7 Å². The number of aryl methyl sites for hydroxylation is 1. The van der Waals surface area contributed by atoms with Gasteiger partial charge in [-0.25, -0.2) is 12.4 Å². The number of rotatable bonds is 9. The highest BCUT2D eigenvalue weighted by molar-refractivity contribution is 7.90. The largest absolute Gasteiger partial charge is 0.492 e. The number of aromatic nitrogens is 3. The molecule has 11 nitrogen and oxygen atoms in total. The van der Waals surface area contributed by atoms with Crippen molar-refractivity contribution in [2.75, 3.05) is 44.8 Å². The first-order chi connectivity index (χ1) is 19.3. The van der Waals surface area contributed by atoms with E-state index in [2.05, 4.69) is 15.3 Å². The Balaban J connectivity index is 1.53. The number of hydrogen-bond donors (Lipinski definition) is 1.